The zero-order valence-electron chi connectivity index (χ0n) is 13.5. The molecule has 3 aromatic rings. The lowest BCUT2D eigenvalue weighted by Gasteiger charge is -2.24. The first-order valence-electron chi connectivity index (χ1n) is 7.53. The summed E-state index contributed by atoms with van der Waals surface area (Å²) in [6.07, 6.45) is 1.90. The van der Waals surface area contributed by atoms with E-state index in [0.717, 1.165) is 17.1 Å². The molecule has 0 aliphatic rings. The van der Waals surface area contributed by atoms with Crippen LogP contribution in [0, 0.1) is 13.8 Å². The highest BCUT2D eigenvalue weighted by Gasteiger charge is 2.18. The van der Waals surface area contributed by atoms with Gasteiger partial charge in [-0.3, -0.25) is 9.88 Å². The molecule has 0 saturated carbocycles. The largest absolute Gasteiger partial charge is 0.294 e. The lowest BCUT2D eigenvalue weighted by molar-refractivity contribution is 0.249. The van der Waals surface area contributed by atoms with Crippen LogP contribution in [0.15, 0.2) is 36.5 Å². The van der Waals surface area contributed by atoms with E-state index < -0.39 is 0 Å². The molecule has 3 rings (SSSR count). The van der Waals surface area contributed by atoms with Gasteiger partial charge >= 0.3 is 0 Å². The molecule has 0 N–H and O–H groups in total. The molecule has 0 bridgehead atoms. The molecule has 2 aromatic heterocycles. The predicted molar refractivity (Wildman–Crippen MR) is 93.2 cm³/mol. The maximum atomic E-state index is 4.70. The van der Waals surface area contributed by atoms with Gasteiger partial charge in [-0.15, -0.1) is 11.3 Å². The van der Waals surface area contributed by atoms with Crippen LogP contribution in [0.2, 0.25) is 0 Å². The quantitative estimate of drug-likeness (QED) is 0.710. The van der Waals surface area contributed by atoms with Crippen LogP contribution in [0.5, 0.6) is 0 Å². The molecule has 0 aliphatic carbocycles. The van der Waals surface area contributed by atoms with E-state index in [2.05, 4.69) is 62.0 Å². The van der Waals surface area contributed by atoms with Crippen molar-refractivity contribution in [2.75, 3.05) is 7.05 Å². The summed E-state index contributed by atoms with van der Waals surface area (Å²) in [6, 6.07) is 10.7. The van der Waals surface area contributed by atoms with Gasteiger partial charge in [-0.2, -0.15) is 0 Å². The molecule has 114 valence electrons. The molecule has 0 fully saturated rings. The van der Waals surface area contributed by atoms with Crippen LogP contribution < -0.4 is 0 Å². The molecule has 0 radical (unpaired) electrons. The third kappa shape index (κ3) is 2.89. The van der Waals surface area contributed by atoms with Gasteiger partial charge in [0, 0.05) is 23.0 Å². The summed E-state index contributed by atoms with van der Waals surface area (Å²) >= 11 is 1.78. The lowest BCUT2D eigenvalue weighted by Crippen LogP contribution is -2.23. The average Bonchev–Trinajstić information content (AvgIpc) is 2.85. The standard InChI is InChI=1S/C18H21N3S/c1-12(18-13(2)22-14(3)20-18)21(4)11-15-9-10-19-17-8-6-5-7-16(15)17/h5-10,12H,11H2,1-4H3/t12-/m1/s1. The number of fused-ring (bicyclic) bond motifs is 1. The van der Waals surface area contributed by atoms with E-state index in [1.807, 2.05) is 12.3 Å². The number of rotatable bonds is 4. The molecule has 4 heteroatoms. The van der Waals surface area contributed by atoms with Crippen molar-refractivity contribution in [1.29, 1.82) is 0 Å². The van der Waals surface area contributed by atoms with Gasteiger partial charge in [0.15, 0.2) is 0 Å². The zero-order valence-corrected chi connectivity index (χ0v) is 14.3. The van der Waals surface area contributed by atoms with Crippen molar-refractivity contribution in [3.8, 4) is 0 Å². The number of aryl methyl sites for hydroxylation is 2. The second-order valence-electron chi connectivity index (χ2n) is 5.75. The van der Waals surface area contributed by atoms with Crippen LogP contribution in [0.25, 0.3) is 10.9 Å². The van der Waals surface area contributed by atoms with E-state index in [9.17, 15) is 0 Å². The van der Waals surface area contributed by atoms with Gasteiger partial charge < -0.3 is 0 Å². The van der Waals surface area contributed by atoms with Gasteiger partial charge in [0.2, 0.25) is 0 Å². The molecule has 0 aliphatic heterocycles. The second-order valence-corrected chi connectivity index (χ2v) is 7.16. The van der Waals surface area contributed by atoms with Crippen LogP contribution in [-0.4, -0.2) is 21.9 Å². The molecule has 1 atom stereocenters. The molecular weight excluding hydrogens is 290 g/mol. The van der Waals surface area contributed by atoms with E-state index >= 15 is 0 Å². The number of para-hydroxylation sites is 1. The minimum absolute atomic E-state index is 0.303. The summed E-state index contributed by atoms with van der Waals surface area (Å²) in [5, 5.41) is 2.37. The normalized spacial score (nSPS) is 13.0. The number of benzene rings is 1. The predicted octanol–water partition coefficient (Wildman–Crippen LogP) is 4.50. The fraction of sp³-hybridized carbons (Fsp3) is 0.333. The smallest absolute Gasteiger partial charge is 0.0900 e. The van der Waals surface area contributed by atoms with Crippen molar-refractivity contribution in [3.63, 3.8) is 0 Å². The van der Waals surface area contributed by atoms with Gasteiger partial charge in [-0.25, -0.2) is 4.98 Å². The molecule has 0 saturated heterocycles. The first kappa shape index (κ1) is 15.1. The van der Waals surface area contributed by atoms with E-state index in [-0.39, 0.29) is 0 Å². The molecule has 0 unspecified atom stereocenters. The summed E-state index contributed by atoms with van der Waals surface area (Å²) in [5.41, 5.74) is 3.56. The van der Waals surface area contributed by atoms with Crippen molar-refractivity contribution >= 4 is 22.2 Å². The van der Waals surface area contributed by atoms with Crippen molar-refractivity contribution in [2.45, 2.75) is 33.4 Å². The minimum Gasteiger partial charge on any atom is -0.294 e. The van der Waals surface area contributed by atoms with Crippen LogP contribution >= 0.6 is 11.3 Å². The Morgan fingerprint density at radius 3 is 2.68 bits per heavy atom. The van der Waals surface area contributed by atoms with Gasteiger partial charge in [0.25, 0.3) is 0 Å². The molecule has 22 heavy (non-hydrogen) atoms. The Morgan fingerprint density at radius 1 is 1.18 bits per heavy atom. The number of aromatic nitrogens is 2. The maximum absolute atomic E-state index is 4.70. The third-order valence-electron chi connectivity index (χ3n) is 4.16. The van der Waals surface area contributed by atoms with Crippen LogP contribution in [0.4, 0.5) is 0 Å². The van der Waals surface area contributed by atoms with Crippen molar-refractivity contribution in [1.82, 2.24) is 14.9 Å². The van der Waals surface area contributed by atoms with Crippen molar-refractivity contribution in [3.05, 3.63) is 57.7 Å². The summed E-state index contributed by atoms with van der Waals surface area (Å²) in [4.78, 5) is 12.8. The number of thiazole rings is 1. The lowest BCUT2D eigenvalue weighted by atomic mass is 10.1. The highest BCUT2D eigenvalue weighted by Crippen LogP contribution is 2.28. The Bertz CT molecular complexity index is 789. The molecular formula is C18H21N3S. The Balaban J connectivity index is 1.87. The Hall–Kier alpha value is -1.78. The molecule has 1 aromatic carbocycles. The molecule has 3 nitrogen and oxygen atoms in total. The fourth-order valence-electron chi connectivity index (χ4n) is 2.84. The van der Waals surface area contributed by atoms with Crippen molar-refractivity contribution < 1.29 is 0 Å². The van der Waals surface area contributed by atoms with Gasteiger partial charge in [-0.1, -0.05) is 18.2 Å². The summed E-state index contributed by atoms with van der Waals surface area (Å²) < 4.78 is 0. The fourth-order valence-corrected chi connectivity index (χ4v) is 3.75. The van der Waals surface area contributed by atoms with Crippen LogP contribution in [-0.2, 0) is 6.54 Å². The Kier molecular flexibility index (Phi) is 4.23. The van der Waals surface area contributed by atoms with Gasteiger partial charge in [0.1, 0.15) is 0 Å². The maximum Gasteiger partial charge on any atom is 0.0900 e. The van der Waals surface area contributed by atoms with E-state index in [1.165, 1.54) is 21.5 Å². The molecule has 0 amide bonds. The topological polar surface area (TPSA) is 29.0 Å². The minimum atomic E-state index is 0.303. The van der Waals surface area contributed by atoms with Gasteiger partial charge in [0.05, 0.1) is 22.3 Å². The Morgan fingerprint density at radius 2 is 1.95 bits per heavy atom. The average molecular weight is 311 g/mol. The Labute approximate surface area is 135 Å². The van der Waals surface area contributed by atoms with Crippen molar-refractivity contribution in [2.24, 2.45) is 0 Å². The summed E-state index contributed by atoms with van der Waals surface area (Å²) in [7, 11) is 2.16. The van der Waals surface area contributed by atoms with E-state index in [4.69, 9.17) is 4.98 Å². The van der Waals surface area contributed by atoms with Crippen LogP contribution in [0.1, 0.15) is 34.1 Å². The van der Waals surface area contributed by atoms with Crippen LogP contribution in [0.3, 0.4) is 0 Å². The number of nitrogens with zero attached hydrogens (tertiary/aromatic N) is 3. The SMILES string of the molecule is Cc1nc([C@@H](C)N(C)Cc2ccnc3ccccc23)c(C)s1. The highest BCUT2D eigenvalue weighted by atomic mass is 32.1. The first-order chi connectivity index (χ1) is 10.6. The zero-order chi connectivity index (χ0) is 15.7. The number of hydrogen-bond donors (Lipinski definition) is 0. The number of pyridine rings is 1. The third-order valence-corrected chi connectivity index (χ3v) is 5.06. The molecule has 0 spiro atoms. The summed E-state index contributed by atoms with van der Waals surface area (Å²) in [6.45, 7) is 7.35. The molecule has 2 heterocycles. The van der Waals surface area contributed by atoms with E-state index in [1.54, 1.807) is 11.3 Å². The van der Waals surface area contributed by atoms with E-state index in [0.29, 0.717) is 6.04 Å². The highest BCUT2D eigenvalue weighted by molar-refractivity contribution is 7.11. The second kappa shape index (κ2) is 6.15. The summed E-state index contributed by atoms with van der Waals surface area (Å²) in [5.74, 6) is 0. The number of hydrogen-bond acceptors (Lipinski definition) is 4. The monoisotopic (exact) mass is 311 g/mol. The van der Waals surface area contributed by atoms with Gasteiger partial charge in [-0.05, 0) is 45.5 Å². The first-order valence-corrected chi connectivity index (χ1v) is 8.34.